The summed E-state index contributed by atoms with van der Waals surface area (Å²) >= 11 is 20.3. The van der Waals surface area contributed by atoms with Gasteiger partial charge < -0.3 is 4.98 Å². The van der Waals surface area contributed by atoms with Crippen LogP contribution in [0.3, 0.4) is 0 Å². The van der Waals surface area contributed by atoms with Crippen molar-refractivity contribution in [3.05, 3.63) is 43.1 Å². The topological polar surface area (TPSA) is 28.7 Å². The van der Waals surface area contributed by atoms with Crippen LogP contribution < -0.4 is 0 Å². The summed E-state index contributed by atoms with van der Waals surface area (Å²) < 4.78 is 1.32. The summed E-state index contributed by atoms with van der Waals surface area (Å²) in [6, 6.07) is 5.33. The van der Waals surface area contributed by atoms with Crippen molar-refractivity contribution in [1.82, 2.24) is 9.97 Å². The average Bonchev–Trinajstić information content (AvgIpc) is 2.29. The van der Waals surface area contributed by atoms with Crippen LogP contribution in [-0.4, -0.2) is 9.97 Å². The van der Waals surface area contributed by atoms with Gasteiger partial charge in [-0.1, -0.05) is 35.4 Å². The summed E-state index contributed by atoms with van der Waals surface area (Å²) in [4.78, 5) is 7.44. The van der Waals surface area contributed by atoms with Crippen LogP contribution in [0.1, 0.15) is 5.69 Å². The molecule has 2 nitrogen and oxygen atoms in total. The van der Waals surface area contributed by atoms with Crippen molar-refractivity contribution in [2.24, 2.45) is 0 Å². The van der Waals surface area contributed by atoms with Crippen molar-refractivity contribution < 1.29 is 0 Å². The smallest absolute Gasteiger partial charge is 0.144 e. The van der Waals surface area contributed by atoms with E-state index in [1.165, 1.54) is 0 Å². The summed E-state index contributed by atoms with van der Waals surface area (Å²) in [6.45, 7) is 1.92. The quantitative estimate of drug-likeness (QED) is 0.718. The zero-order valence-corrected chi connectivity index (χ0v) is 12.6. The molecule has 2 rings (SSSR count). The SMILES string of the molecule is Cc1[nH]c(-c2ccc(Cl)c(Cl)c2)nc(=S)c1Br. The highest BCUT2D eigenvalue weighted by atomic mass is 79.9. The highest BCUT2D eigenvalue weighted by Gasteiger charge is 2.06. The number of hydrogen-bond donors (Lipinski definition) is 1. The number of benzene rings is 1. The van der Waals surface area contributed by atoms with Crippen LogP contribution in [-0.2, 0) is 0 Å². The summed E-state index contributed by atoms with van der Waals surface area (Å²) in [5.41, 5.74) is 1.77. The van der Waals surface area contributed by atoms with Crippen molar-refractivity contribution in [3.63, 3.8) is 0 Å². The van der Waals surface area contributed by atoms with Gasteiger partial charge in [0.05, 0.1) is 14.5 Å². The second-order valence-corrected chi connectivity index (χ2v) is 5.45. The number of H-pyrrole nitrogens is 1. The fourth-order valence-corrected chi connectivity index (χ4v) is 2.08. The van der Waals surface area contributed by atoms with Gasteiger partial charge in [-0.3, -0.25) is 0 Å². The maximum Gasteiger partial charge on any atom is 0.144 e. The Morgan fingerprint density at radius 1 is 1.29 bits per heavy atom. The minimum atomic E-state index is 0.492. The van der Waals surface area contributed by atoms with Crippen LogP contribution in [0.4, 0.5) is 0 Å². The number of rotatable bonds is 1. The number of aryl methyl sites for hydroxylation is 1. The second-order valence-electron chi connectivity index (χ2n) is 3.46. The molecule has 2 aromatic rings. The van der Waals surface area contributed by atoms with Gasteiger partial charge in [0.25, 0.3) is 0 Å². The van der Waals surface area contributed by atoms with Gasteiger partial charge in [-0.25, -0.2) is 4.98 Å². The van der Waals surface area contributed by atoms with Crippen LogP contribution in [0.2, 0.25) is 10.0 Å². The fraction of sp³-hybridized carbons (Fsp3) is 0.0909. The Bertz CT molecular complexity index is 640. The van der Waals surface area contributed by atoms with E-state index in [4.69, 9.17) is 35.4 Å². The number of aromatic amines is 1. The van der Waals surface area contributed by atoms with E-state index in [9.17, 15) is 0 Å². The molecule has 0 unspecified atom stereocenters. The highest BCUT2D eigenvalue weighted by Crippen LogP contribution is 2.27. The van der Waals surface area contributed by atoms with E-state index in [2.05, 4.69) is 25.9 Å². The average molecular weight is 350 g/mol. The summed E-state index contributed by atoms with van der Waals surface area (Å²) in [5, 5.41) is 1.01. The third kappa shape index (κ3) is 2.71. The largest absolute Gasteiger partial charge is 0.342 e. The lowest BCUT2D eigenvalue weighted by Gasteiger charge is -2.06. The third-order valence-corrected chi connectivity index (χ3v) is 4.50. The van der Waals surface area contributed by atoms with E-state index in [-0.39, 0.29) is 0 Å². The standard InChI is InChI=1S/C11H7BrCl2N2S/c1-5-9(12)11(17)16-10(15-5)6-2-3-7(13)8(14)4-6/h2-4H,1H3,(H,15,16,17). The molecule has 17 heavy (non-hydrogen) atoms. The highest BCUT2D eigenvalue weighted by molar-refractivity contribution is 9.10. The molecule has 0 aliphatic rings. The summed E-state index contributed by atoms with van der Waals surface area (Å²) in [6.07, 6.45) is 0. The molecular weight excluding hydrogens is 343 g/mol. The molecule has 0 bridgehead atoms. The summed E-state index contributed by atoms with van der Waals surface area (Å²) in [7, 11) is 0. The van der Waals surface area contributed by atoms with E-state index < -0.39 is 0 Å². The first-order valence-corrected chi connectivity index (χ1v) is 6.66. The molecule has 0 aliphatic heterocycles. The van der Waals surface area contributed by atoms with E-state index in [1.54, 1.807) is 12.1 Å². The van der Waals surface area contributed by atoms with Gasteiger partial charge in [0.15, 0.2) is 0 Å². The lowest BCUT2D eigenvalue weighted by Crippen LogP contribution is -1.94. The number of aromatic nitrogens is 2. The lowest BCUT2D eigenvalue weighted by molar-refractivity contribution is 1.08. The Morgan fingerprint density at radius 2 is 2.00 bits per heavy atom. The summed E-state index contributed by atoms with van der Waals surface area (Å²) in [5.74, 6) is 0.675. The zero-order valence-electron chi connectivity index (χ0n) is 8.72. The van der Waals surface area contributed by atoms with Crippen molar-refractivity contribution >= 4 is 51.3 Å². The predicted molar refractivity (Wildman–Crippen MR) is 77.3 cm³/mol. The molecule has 1 aromatic carbocycles. The second kappa shape index (κ2) is 5.06. The lowest BCUT2D eigenvalue weighted by atomic mass is 10.2. The van der Waals surface area contributed by atoms with Gasteiger partial charge in [0, 0.05) is 11.3 Å². The number of hydrogen-bond acceptors (Lipinski definition) is 2. The fourth-order valence-electron chi connectivity index (χ4n) is 1.35. The van der Waals surface area contributed by atoms with Crippen molar-refractivity contribution in [3.8, 4) is 11.4 Å². The number of nitrogens with one attached hydrogen (secondary N) is 1. The maximum absolute atomic E-state index is 5.97. The van der Waals surface area contributed by atoms with Gasteiger partial charge in [-0.2, -0.15) is 0 Å². The van der Waals surface area contributed by atoms with Gasteiger partial charge in [-0.05, 0) is 41.1 Å². The first-order chi connectivity index (χ1) is 7.99. The monoisotopic (exact) mass is 348 g/mol. The molecule has 1 aromatic heterocycles. The molecule has 0 radical (unpaired) electrons. The molecule has 0 atom stereocenters. The van der Waals surface area contributed by atoms with Gasteiger partial charge in [0.1, 0.15) is 10.5 Å². The Balaban J connectivity index is 2.61. The van der Waals surface area contributed by atoms with Crippen LogP contribution >= 0.6 is 51.3 Å². The zero-order chi connectivity index (χ0) is 12.6. The molecule has 88 valence electrons. The molecular formula is C11H7BrCl2N2S. The van der Waals surface area contributed by atoms with E-state index >= 15 is 0 Å². The van der Waals surface area contributed by atoms with Crippen molar-refractivity contribution in [2.75, 3.05) is 0 Å². The van der Waals surface area contributed by atoms with Crippen LogP contribution in [0, 0.1) is 11.6 Å². The minimum Gasteiger partial charge on any atom is -0.342 e. The molecule has 0 aliphatic carbocycles. The Morgan fingerprint density at radius 3 is 2.59 bits per heavy atom. The maximum atomic E-state index is 5.97. The molecule has 1 N–H and O–H groups in total. The third-order valence-electron chi connectivity index (χ3n) is 2.23. The normalized spacial score (nSPS) is 10.6. The molecule has 1 heterocycles. The molecule has 0 spiro atoms. The van der Waals surface area contributed by atoms with Crippen LogP contribution in [0.5, 0.6) is 0 Å². The molecule has 6 heteroatoms. The Hall–Kier alpha value is -0.420. The predicted octanol–water partition coefficient (Wildman–Crippen LogP) is 5.18. The first-order valence-electron chi connectivity index (χ1n) is 4.71. The Kier molecular flexibility index (Phi) is 3.88. The van der Waals surface area contributed by atoms with Gasteiger partial charge in [-0.15, -0.1) is 0 Å². The number of nitrogens with zero attached hydrogens (tertiary/aromatic N) is 1. The minimum absolute atomic E-state index is 0.492. The van der Waals surface area contributed by atoms with Crippen LogP contribution in [0.15, 0.2) is 22.7 Å². The molecule has 0 amide bonds. The molecule has 0 fully saturated rings. The number of halogens is 3. The molecule has 0 saturated carbocycles. The molecule has 0 saturated heterocycles. The van der Waals surface area contributed by atoms with Crippen molar-refractivity contribution in [1.29, 1.82) is 0 Å². The van der Waals surface area contributed by atoms with Crippen molar-refractivity contribution in [2.45, 2.75) is 6.92 Å². The van der Waals surface area contributed by atoms with E-state index in [1.807, 2.05) is 13.0 Å². The van der Waals surface area contributed by atoms with Gasteiger partial charge in [0.2, 0.25) is 0 Å². The van der Waals surface area contributed by atoms with Crippen LogP contribution in [0.25, 0.3) is 11.4 Å². The Labute approximate surface area is 122 Å². The van der Waals surface area contributed by atoms with E-state index in [0.717, 1.165) is 15.7 Å². The van der Waals surface area contributed by atoms with E-state index in [0.29, 0.717) is 20.5 Å². The first kappa shape index (κ1) is 13.0. The van der Waals surface area contributed by atoms with Gasteiger partial charge >= 0.3 is 0 Å².